The Hall–Kier alpha value is -2.18. The molecule has 0 radical (unpaired) electrons. The summed E-state index contributed by atoms with van der Waals surface area (Å²) in [7, 11) is 3.36. The van der Waals surface area contributed by atoms with Gasteiger partial charge in [0.2, 0.25) is 0 Å². The topological polar surface area (TPSA) is 82.1 Å². The Balaban J connectivity index is 0.000000501. The standard InChI is InChI=1S/C22H30O3.C3H6O3/c1-6-14-8-13(3)9-15(7-2)20(14)19-11-16-10-17(22(24-4)25-5)12-18(16)21(19)23;1-2-6-3(4)5/h8-9,11,16-18,22H,6-7,10,12H2,1-5H3;2H2,1H3,(H,4,5). The lowest BCUT2D eigenvalue weighted by atomic mass is 9.87. The molecule has 6 nitrogen and oxygen atoms in total. The van der Waals surface area contributed by atoms with Crippen LogP contribution in [-0.2, 0) is 31.8 Å². The highest BCUT2D eigenvalue weighted by molar-refractivity contribution is 6.24. The van der Waals surface area contributed by atoms with Gasteiger partial charge in [0.15, 0.2) is 12.1 Å². The molecule has 3 unspecified atom stereocenters. The van der Waals surface area contributed by atoms with Crippen molar-refractivity contribution < 1.29 is 28.9 Å². The largest absolute Gasteiger partial charge is 0.505 e. The fourth-order valence-electron chi connectivity index (χ4n) is 4.97. The quantitative estimate of drug-likeness (QED) is 0.480. The third-order valence-electron chi connectivity index (χ3n) is 6.23. The van der Waals surface area contributed by atoms with Gasteiger partial charge < -0.3 is 19.3 Å². The van der Waals surface area contributed by atoms with Crippen molar-refractivity contribution in [3.63, 3.8) is 0 Å². The number of rotatable bonds is 7. The zero-order valence-corrected chi connectivity index (χ0v) is 19.6. The van der Waals surface area contributed by atoms with Crippen LogP contribution in [0.1, 0.15) is 55.9 Å². The molecule has 6 heteroatoms. The SMILES string of the molecule is CCOC(=O)O.CCc1cc(C)cc(CC)c1C1=CC2CC(C(OC)OC)CC2C1=O. The molecular formula is C25H36O6. The molecule has 0 saturated heterocycles. The maximum atomic E-state index is 13.2. The number of benzene rings is 1. The molecule has 1 aromatic rings. The molecule has 3 rings (SSSR count). The van der Waals surface area contributed by atoms with E-state index in [0.29, 0.717) is 17.6 Å². The molecule has 0 bridgehead atoms. The maximum Gasteiger partial charge on any atom is 0.505 e. The first-order valence-corrected chi connectivity index (χ1v) is 11.1. The summed E-state index contributed by atoms with van der Waals surface area (Å²) in [6.45, 7) is 8.35. The first-order valence-electron chi connectivity index (χ1n) is 11.1. The second-order valence-corrected chi connectivity index (χ2v) is 8.15. The van der Waals surface area contributed by atoms with E-state index in [1.807, 2.05) is 0 Å². The molecule has 0 heterocycles. The maximum absolute atomic E-state index is 13.2. The Labute approximate surface area is 185 Å². The van der Waals surface area contributed by atoms with Gasteiger partial charge in [-0.1, -0.05) is 37.6 Å². The second-order valence-electron chi connectivity index (χ2n) is 8.15. The van der Waals surface area contributed by atoms with Gasteiger partial charge in [-0.2, -0.15) is 0 Å². The van der Waals surface area contributed by atoms with Crippen LogP contribution in [0.15, 0.2) is 18.2 Å². The van der Waals surface area contributed by atoms with Gasteiger partial charge in [0.25, 0.3) is 0 Å². The number of hydrogen-bond donors (Lipinski definition) is 1. The van der Waals surface area contributed by atoms with Crippen LogP contribution in [0.3, 0.4) is 0 Å². The Bertz CT molecular complexity index is 783. The molecule has 0 spiro atoms. The highest BCUT2D eigenvalue weighted by atomic mass is 16.7. The van der Waals surface area contributed by atoms with Crippen molar-refractivity contribution in [2.24, 2.45) is 17.8 Å². The molecule has 1 aromatic carbocycles. The van der Waals surface area contributed by atoms with Crippen molar-refractivity contribution >= 4 is 17.5 Å². The first-order chi connectivity index (χ1) is 14.8. The number of allylic oxidation sites excluding steroid dienone is 2. The molecule has 0 amide bonds. The van der Waals surface area contributed by atoms with Crippen LogP contribution >= 0.6 is 0 Å². The summed E-state index contributed by atoms with van der Waals surface area (Å²) in [4.78, 5) is 22.6. The third-order valence-corrected chi connectivity index (χ3v) is 6.23. The van der Waals surface area contributed by atoms with Crippen molar-refractivity contribution in [1.82, 2.24) is 0 Å². The fraction of sp³-hybridized carbons (Fsp3) is 0.600. The van der Waals surface area contributed by atoms with Crippen LogP contribution in [0.4, 0.5) is 4.79 Å². The summed E-state index contributed by atoms with van der Waals surface area (Å²) in [5.41, 5.74) is 6.07. The van der Waals surface area contributed by atoms with Crippen LogP contribution < -0.4 is 0 Å². The monoisotopic (exact) mass is 432 g/mol. The summed E-state index contributed by atoms with van der Waals surface area (Å²) in [6, 6.07) is 4.48. The molecule has 1 fully saturated rings. The van der Waals surface area contributed by atoms with E-state index in [4.69, 9.17) is 14.6 Å². The van der Waals surface area contributed by atoms with Gasteiger partial charge in [-0.25, -0.2) is 4.79 Å². The average molecular weight is 433 g/mol. The van der Waals surface area contributed by atoms with Crippen LogP contribution in [0.5, 0.6) is 0 Å². The number of methoxy groups -OCH3 is 2. The molecule has 2 aliphatic carbocycles. The highest BCUT2D eigenvalue weighted by Crippen LogP contribution is 2.48. The summed E-state index contributed by atoms with van der Waals surface area (Å²) in [6.07, 6.45) is 4.60. The predicted molar refractivity (Wildman–Crippen MR) is 120 cm³/mol. The van der Waals surface area contributed by atoms with E-state index in [1.54, 1.807) is 21.1 Å². The molecule has 0 aromatic heterocycles. The molecule has 1 saturated carbocycles. The van der Waals surface area contributed by atoms with Crippen LogP contribution in [0, 0.1) is 24.7 Å². The van der Waals surface area contributed by atoms with Crippen molar-refractivity contribution in [2.45, 2.75) is 59.7 Å². The van der Waals surface area contributed by atoms with Crippen molar-refractivity contribution in [3.05, 3.63) is 40.5 Å². The number of carbonyl (C=O) groups is 2. The van der Waals surface area contributed by atoms with Crippen molar-refractivity contribution in [3.8, 4) is 0 Å². The number of ketones is 1. The lowest BCUT2D eigenvalue weighted by Gasteiger charge is -2.21. The minimum absolute atomic E-state index is 0.100. The van der Waals surface area contributed by atoms with Gasteiger partial charge in [-0.05, 0) is 62.1 Å². The second kappa shape index (κ2) is 11.4. The van der Waals surface area contributed by atoms with E-state index in [9.17, 15) is 9.59 Å². The smallest absolute Gasteiger partial charge is 0.450 e. The summed E-state index contributed by atoms with van der Waals surface area (Å²) in [5, 5.41) is 7.69. The van der Waals surface area contributed by atoms with Gasteiger partial charge in [0.1, 0.15) is 0 Å². The van der Waals surface area contributed by atoms with Crippen LogP contribution in [0.2, 0.25) is 0 Å². The lowest BCUT2D eigenvalue weighted by Crippen LogP contribution is -2.23. The summed E-state index contributed by atoms with van der Waals surface area (Å²) in [5.74, 6) is 1.06. The zero-order chi connectivity index (χ0) is 23.1. The predicted octanol–water partition coefficient (Wildman–Crippen LogP) is 5.05. The number of carbonyl (C=O) groups excluding carboxylic acids is 1. The molecule has 0 aliphatic heterocycles. The number of Topliss-reactive ketones (excluding diaryl/α,β-unsaturated/α-hetero) is 1. The van der Waals surface area contributed by atoms with E-state index in [1.165, 1.54) is 22.3 Å². The summed E-state index contributed by atoms with van der Waals surface area (Å²) >= 11 is 0. The van der Waals surface area contributed by atoms with Gasteiger partial charge >= 0.3 is 6.16 Å². The minimum Gasteiger partial charge on any atom is -0.450 e. The molecular weight excluding hydrogens is 396 g/mol. The Morgan fingerprint density at radius 2 is 1.68 bits per heavy atom. The Kier molecular flexibility index (Phi) is 9.26. The van der Waals surface area contributed by atoms with Gasteiger partial charge in [-0.15, -0.1) is 0 Å². The van der Waals surface area contributed by atoms with Crippen molar-refractivity contribution in [1.29, 1.82) is 0 Å². The number of ether oxygens (including phenoxy) is 3. The number of carboxylic acid groups (broad SMARTS) is 1. The van der Waals surface area contributed by atoms with Gasteiger partial charge in [0, 0.05) is 31.6 Å². The van der Waals surface area contributed by atoms with Crippen LogP contribution in [0.25, 0.3) is 5.57 Å². The zero-order valence-electron chi connectivity index (χ0n) is 19.6. The number of hydrogen-bond acceptors (Lipinski definition) is 5. The van der Waals surface area contributed by atoms with Gasteiger partial charge in [-0.3, -0.25) is 4.79 Å². The first kappa shape index (κ1) is 25.1. The molecule has 2 aliphatic rings. The Morgan fingerprint density at radius 3 is 2.06 bits per heavy atom. The lowest BCUT2D eigenvalue weighted by molar-refractivity contribution is -0.137. The van der Waals surface area contributed by atoms with Crippen LogP contribution in [-0.4, -0.2) is 44.2 Å². The van der Waals surface area contributed by atoms with E-state index in [0.717, 1.165) is 31.3 Å². The molecule has 31 heavy (non-hydrogen) atoms. The van der Waals surface area contributed by atoms with E-state index < -0.39 is 6.16 Å². The molecule has 3 atom stereocenters. The number of aryl methyl sites for hydroxylation is 3. The molecule has 1 N–H and O–H groups in total. The molecule has 172 valence electrons. The fourth-order valence-corrected chi connectivity index (χ4v) is 4.97. The normalized spacial score (nSPS) is 22.1. The average Bonchev–Trinajstić information content (AvgIpc) is 3.28. The van der Waals surface area contributed by atoms with Crippen molar-refractivity contribution in [2.75, 3.05) is 20.8 Å². The number of fused-ring (bicyclic) bond motifs is 1. The van der Waals surface area contributed by atoms with E-state index >= 15 is 0 Å². The minimum atomic E-state index is -1.21. The van der Waals surface area contributed by atoms with E-state index in [2.05, 4.69) is 43.7 Å². The van der Waals surface area contributed by atoms with E-state index in [-0.39, 0.29) is 18.8 Å². The summed E-state index contributed by atoms with van der Waals surface area (Å²) < 4.78 is 14.8. The third kappa shape index (κ3) is 5.74. The highest BCUT2D eigenvalue weighted by Gasteiger charge is 2.46. The van der Waals surface area contributed by atoms with Gasteiger partial charge in [0.05, 0.1) is 6.61 Å². The Morgan fingerprint density at radius 1 is 1.10 bits per heavy atom.